The minimum Gasteiger partial charge on any atom is -0.497 e. The van der Waals surface area contributed by atoms with Crippen LogP contribution in [0, 0.1) is 6.92 Å². The van der Waals surface area contributed by atoms with E-state index in [4.69, 9.17) is 4.74 Å². The number of methoxy groups -OCH3 is 1. The number of aliphatic hydroxyl groups is 1. The smallest absolute Gasteiger partial charge is 0.254 e. The molecule has 3 atom stereocenters. The lowest BCUT2D eigenvalue weighted by molar-refractivity contribution is -0.147. The third-order valence-electron chi connectivity index (χ3n) is 7.57. The number of rotatable bonds is 11. The van der Waals surface area contributed by atoms with Crippen LogP contribution in [0.25, 0.3) is 6.08 Å². The van der Waals surface area contributed by atoms with Gasteiger partial charge in [0.15, 0.2) is 6.10 Å². The second-order valence-corrected chi connectivity index (χ2v) is 12.7. The van der Waals surface area contributed by atoms with Crippen molar-refractivity contribution < 1.29 is 24.2 Å². The number of aryl methyl sites for hydroxylation is 1. The predicted molar refractivity (Wildman–Crippen MR) is 170 cm³/mol. The number of hydrogen-bond acceptors (Lipinski definition) is 6. The van der Waals surface area contributed by atoms with Gasteiger partial charge >= 0.3 is 0 Å². The van der Waals surface area contributed by atoms with Gasteiger partial charge in [-0.3, -0.25) is 14.4 Å². The van der Waals surface area contributed by atoms with Crippen molar-refractivity contribution in [2.45, 2.75) is 56.7 Å². The Bertz CT molecular complexity index is 1460. The van der Waals surface area contributed by atoms with E-state index in [0.29, 0.717) is 12.3 Å². The van der Waals surface area contributed by atoms with Gasteiger partial charge in [0.05, 0.1) is 19.0 Å². The van der Waals surface area contributed by atoms with Gasteiger partial charge in [-0.05, 0) is 67.7 Å². The molecule has 0 radical (unpaired) electrons. The van der Waals surface area contributed by atoms with Gasteiger partial charge in [0.25, 0.3) is 5.91 Å². The van der Waals surface area contributed by atoms with Crippen molar-refractivity contribution >= 4 is 35.6 Å². The summed E-state index contributed by atoms with van der Waals surface area (Å²) in [5.74, 6) is -0.447. The zero-order valence-corrected chi connectivity index (χ0v) is 25.8. The molecule has 1 heterocycles. The summed E-state index contributed by atoms with van der Waals surface area (Å²) in [5, 5.41) is 17.2. The quantitative estimate of drug-likeness (QED) is 0.286. The zero-order valence-electron chi connectivity index (χ0n) is 24.9. The lowest BCUT2D eigenvalue weighted by Gasteiger charge is -2.33. The molecule has 3 unspecified atom stereocenters. The number of carbonyl (C=O) groups excluding carboxylic acids is 3. The first-order chi connectivity index (χ1) is 20.6. The fourth-order valence-corrected chi connectivity index (χ4v) is 6.24. The molecule has 8 nitrogen and oxygen atoms in total. The summed E-state index contributed by atoms with van der Waals surface area (Å²) in [6.07, 6.45) is 1.65. The topological polar surface area (TPSA) is 108 Å². The summed E-state index contributed by atoms with van der Waals surface area (Å²) >= 11 is 1.48. The van der Waals surface area contributed by atoms with Crippen LogP contribution >= 0.6 is 11.8 Å². The normalized spacial score (nSPS) is 17.3. The van der Waals surface area contributed by atoms with Crippen molar-refractivity contribution in [3.63, 3.8) is 0 Å². The van der Waals surface area contributed by atoms with Gasteiger partial charge in [-0.15, -0.1) is 11.8 Å². The summed E-state index contributed by atoms with van der Waals surface area (Å²) in [7, 11) is 1.57. The lowest BCUT2D eigenvalue weighted by Crippen LogP contribution is -2.58. The Hall–Kier alpha value is -4.08. The number of carbonyl (C=O) groups is 3. The van der Waals surface area contributed by atoms with Crippen LogP contribution in [0.15, 0.2) is 84.9 Å². The molecule has 43 heavy (non-hydrogen) atoms. The van der Waals surface area contributed by atoms with Crippen LogP contribution in [-0.4, -0.2) is 63.6 Å². The largest absolute Gasteiger partial charge is 0.497 e. The number of nitrogens with one attached hydrogen (secondary N) is 2. The van der Waals surface area contributed by atoms with E-state index in [1.165, 1.54) is 22.7 Å². The van der Waals surface area contributed by atoms with E-state index in [2.05, 4.69) is 10.6 Å². The Labute approximate surface area is 257 Å². The van der Waals surface area contributed by atoms with Crippen molar-refractivity contribution in [1.29, 1.82) is 0 Å². The van der Waals surface area contributed by atoms with Crippen LogP contribution < -0.4 is 15.4 Å². The number of amides is 3. The van der Waals surface area contributed by atoms with Crippen molar-refractivity contribution in [3.05, 3.63) is 107 Å². The van der Waals surface area contributed by atoms with Gasteiger partial charge in [-0.2, -0.15) is 0 Å². The van der Waals surface area contributed by atoms with Crippen LogP contribution in [0.4, 0.5) is 0 Å². The van der Waals surface area contributed by atoms with Gasteiger partial charge in [0.1, 0.15) is 11.8 Å². The fraction of sp³-hybridized carbons (Fsp3) is 0.324. The van der Waals surface area contributed by atoms with Crippen molar-refractivity contribution in [2.24, 2.45) is 0 Å². The van der Waals surface area contributed by atoms with Crippen LogP contribution in [0.2, 0.25) is 0 Å². The van der Waals surface area contributed by atoms with E-state index in [1.807, 2.05) is 93.6 Å². The highest BCUT2D eigenvalue weighted by Crippen LogP contribution is 2.40. The molecule has 1 aliphatic rings. The number of nitrogens with zero attached hydrogens (tertiary/aromatic N) is 1. The molecule has 9 heteroatoms. The summed E-state index contributed by atoms with van der Waals surface area (Å²) in [4.78, 5) is 41.8. The number of aliphatic hydroxyl groups excluding tert-OH is 1. The highest BCUT2D eigenvalue weighted by atomic mass is 32.2. The summed E-state index contributed by atoms with van der Waals surface area (Å²) in [6, 6.07) is 22.7. The number of thioether (sulfide) groups is 1. The minimum absolute atomic E-state index is 0.223. The molecule has 226 valence electrons. The van der Waals surface area contributed by atoms with E-state index >= 15 is 0 Å². The van der Waals surface area contributed by atoms with Crippen molar-refractivity contribution in [1.82, 2.24) is 15.5 Å². The van der Waals surface area contributed by atoms with Gasteiger partial charge in [-0.25, -0.2) is 0 Å². The molecule has 1 aliphatic heterocycles. The predicted octanol–water partition coefficient (Wildman–Crippen LogP) is 4.10. The average Bonchev–Trinajstić information content (AvgIpc) is 3.33. The molecular weight excluding hydrogens is 562 g/mol. The summed E-state index contributed by atoms with van der Waals surface area (Å²) < 4.78 is 4.66. The molecule has 0 aliphatic carbocycles. The van der Waals surface area contributed by atoms with Gasteiger partial charge in [-0.1, -0.05) is 66.7 Å². The molecular formula is C34H39N3O5S. The Morgan fingerprint density at radius 2 is 1.79 bits per heavy atom. The molecule has 3 aromatic carbocycles. The molecule has 1 fully saturated rings. The molecule has 0 saturated carbocycles. The Morgan fingerprint density at radius 3 is 2.51 bits per heavy atom. The maximum atomic E-state index is 13.8. The van der Waals surface area contributed by atoms with Crippen LogP contribution in [-0.2, 0) is 27.3 Å². The van der Waals surface area contributed by atoms with Crippen LogP contribution in [0.3, 0.4) is 0 Å². The van der Waals surface area contributed by atoms with Gasteiger partial charge in [0, 0.05) is 17.4 Å². The highest BCUT2D eigenvalue weighted by molar-refractivity contribution is 8.00. The maximum absolute atomic E-state index is 13.8. The monoisotopic (exact) mass is 601 g/mol. The second kappa shape index (κ2) is 14.4. The minimum atomic E-state index is -1.57. The van der Waals surface area contributed by atoms with Crippen LogP contribution in [0.1, 0.15) is 36.1 Å². The third-order valence-corrected chi connectivity index (χ3v) is 8.95. The highest BCUT2D eigenvalue weighted by Gasteiger charge is 2.49. The standard InChI is InChI=1S/C34H39N3O5S/c1-23-11-8-9-15-26(23)21-35-32(40)31-34(2,3)43-22-37(31)33(41)30(39)28(20-24-12-6-5-7-13-24)36-29(38)18-17-25-14-10-16-27(19-25)42-4/h5-19,28,30-31,39H,20-22H2,1-4H3,(H,35,40)(H,36,38)/b18-17+. The van der Waals surface area contributed by atoms with Crippen molar-refractivity contribution in [3.8, 4) is 5.75 Å². The van der Waals surface area contributed by atoms with E-state index in [9.17, 15) is 19.5 Å². The van der Waals surface area contributed by atoms with E-state index < -0.39 is 34.7 Å². The molecule has 3 amide bonds. The maximum Gasteiger partial charge on any atom is 0.254 e. The molecule has 0 aromatic heterocycles. The van der Waals surface area contributed by atoms with E-state index in [0.717, 1.165) is 22.3 Å². The first-order valence-electron chi connectivity index (χ1n) is 14.2. The Kier molecular flexibility index (Phi) is 10.7. The number of benzene rings is 3. The second-order valence-electron chi connectivity index (χ2n) is 11.1. The Morgan fingerprint density at radius 1 is 1.07 bits per heavy atom. The van der Waals surface area contributed by atoms with Gasteiger partial charge < -0.3 is 25.4 Å². The summed E-state index contributed by atoms with van der Waals surface area (Å²) in [6.45, 7) is 6.15. The first-order valence-corrected chi connectivity index (χ1v) is 15.2. The average molecular weight is 602 g/mol. The van der Waals surface area contributed by atoms with E-state index in [-0.39, 0.29) is 18.2 Å². The molecule has 3 aromatic rings. The summed E-state index contributed by atoms with van der Waals surface area (Å²) in [5.41, 5.74) is 3.66. The van der Waals surface area contributed by atoms with Crippen LogP contribution in [0.5, 0.6) is 5.75 Å². The molecule has 1 saturated heterocycles. The lowest BCUT2D eigenvalue weighted by atomic mass is 9.97. The first kappa shape index (κ1) is 31.8. The molecule has 4 rings (SSSR count). The number of hydrogen-bond donors (Lipinski definition) is 3. The number of ether oxygens (including phenoxy) is 1. The van der Waals surface area contributed by atoms with Crippen molar-refractivity contribution in [2.75, 3.05) is 13.0 Å². The SMILES string of the molecule is COc1cccc(/C=C/C(=O)NC(Cc2ccccc2)C(O)C(=O)N2CSC(C)(C)C2C(=O)NCc2ccccc2C)c1. The zero-order chi connectivity index (χ0) is 31.0. The third kappa shape index (κ3) is 8.27. The molecule has 0 bridgehead atoms. The van der Waals surface area contributed by atoms with Gasteiger partial charge in [0.2, 0.25) is 11.8 Å². The molecule has 0 spiro atoms. The fourth-order valence-electron chi connectivity index (χ4n) is 5.10. The molecule has 3 N–H and O–H groups in total. The Balaban J connectivity index is 1.51. The van der Waals surface area contributed by atoms with E-state index in [1.54, 1.807) is 19.3 Å².